The molecule has 2 aliphatic rings. The van der Waals surface area contributed by atoms with Gasteiger partial charge in [-0.15, -0.1) is 0 Å². The number of para-hydroxylation sites is 1. The van der Waals surface area contributed by atoms with Crippen LogP contribution in [0.4, 0.5) is 5.69 Å². The van der Waals surface area contributed by atoms with Gasteiger partial charge in [-0.05, 0) is 56.2 Å². The van der Waals surface area contributed by atoms with Crippen molar-refractivity contribution in [3.63, 3.8) is 0 Å². The largest absolute Gasteiger partial charge is 0.381 e. The Bertz CT molecular complexity index is 429. The summed E-state index contributed by atoms with van der Waals surface area (Å²) in [5.74, 6) is 1.33. The van der Waals surface area contributed by atoms with E-state index >= 15 is 0 Å². The number of rotatable bonds is 4. The van der Waals surface area contributed by atoms with Gasteiger partial charge in [-0.25, -0.2) is 0 Å². The number of anilines is 1. The molecule has 0 radical (unpaired) electrons. The number of nitrogens with one attached hydrogen (secondary N) is 1. The molecule has 2 saturated heterocycles. The second-order valence-electron chi connectivity index (χ2n) is 6.11. The van der Waals surface area contributed by atoms with Crippen molar-refractivity contribution >= 4 is 17.4 Å². The standard InChI is InChI=1S/C17H26N2S/c1-14-16(9-6-12-20-14)18-17-8-3-2-7-15(17)13-19-10-4-5-11-19/h2-3,7-8,14,16,18H,4-6,9-13H2,1H3. The highest BCUT2D eigenvalue weighted by Gasteiger charge is 2.22. The van der Waals surface area contributed by atoms with Crippen LogP contribution in [0.15, 0.2) is 24.3 Å². The predicted molar refractivity (Wildman–Crippen MR) is 89.5 cm³/mol. The summed E-state index contributed by atoms with van der Waals surface area (Å²) < 4.78 is 0. The molecular weight excluding hydrogens is 264 g/mol. The van der Waals surface area contributed by atoms with Crippen LogP contribution in [0.1, 0.15) is 38.2 Å². The zero-order chi connectivity index (χ0) is 13.8. The third kappa shape index (κ3) is 3.50. The van der Waals surface area contributed by atoms with Gasteiger partial charge < -0.3 is 5.32 Å². The maximum Gasteiger partial charge on any atom is 0.0388 e. The minimum atomic E-state index is 0.633. The monoisotopic (exact) mass is 290 g/mol. The van der Waals surface area contributed by atoms with E-state index < -0.39 is 0 Å². The molecule has 2 nitrogen and oxygen atoms in total. The summed E-state index contributed by atoms with van der Waals surface area (Å²) in [6, 6.07) is 9.53. The van der Waals surface area contributed by atoms with Crippen LogP contribution in [0.2, 0.25) is 0 Å². The lowest BCUT2D eigenvalue weighted by atomic mass is 10.1. The van der Waals surface area contributed by atoms with Gasteiger partial charge in [-0.3, -0.25) is 4.90 Å². The molecule has 0 saturated carbocycles. The van der Waals surface area contributed by atoms with Crippen molar-refractivity contribution in [3.05, 3.63) is 29.8 Å². The average Bonchev–Trinajstić information content (AvgIpc) is 2.96. The molecular formula is C17H26N2S. The molecule has 1 aromatic rings. The van der Waals surface area contributed by atoms with E-state index in [2.05, 4.69) is 53.2 Å². The van der Waals surface area contributed by atoms with Crippen molar-refractivity contribution in [2.45, 2.75) is 50.4 Å². The molecule has 110 valence electrons. The van der Waals surface area contributed by atoms with E-state index in [0.29, 0.717) is 6.04 Å². The Morgan fingerprint density at radius 2 is 2.00 bits per heavy atom. The fraction of sp³-hybridized carbons (Fsp3) is 0.647. The Balaban J connectivity index is 1.68. The second-order valence-corrected chi connectivity index (χ2v) is 7.59. The SMILES string of the molecule is CC1SCCCC1Nc1ccccc1CN1CCCC1. The van der Waals surface area contributed by atoms with Crippen LogP contribution in [0.25, 0.3) is 0 Å². The molecule has 2 unspecified atom stereocenters. The van der Waals surface area contributed by atoms with Crippen molar-refractivity contribution in [3.8, 4) is 0 Å². The van der Waals surface area contributed by atoms with E-state index in [4.69, 9.17) is 0 Å². The van der Waals surface area contributed by atoms with Gasteiger partial charge in [0.2, 0.25) is 0 Å². The lowest BCUT2D eigenvalue weighted by Crippen LogP contribution is -2.33. The number of hydrogen-bond donors (Lipinski definition) is 1. The number of benzene rings is 1. The summed E-state index contributed by atoms with van der Waals surface area (Å²) in [5.41, 5.74) is 2.83. The first-order valence-electron chi connectivity index (χ1n) is 8.01. The van der Waals surface area contributed by atoms with Crippen molar-refractivity contribution in [2.75, 3.05) is 24.2 Å². The zero-order valence-electron chi connectivity index (χ0n) is 12.5. The van der Waals surface area contributed by atoms with E-state index in [1.165, 1.54) is 55.8 Å². The van der Waals surface area contributed by atoms with Gasteiger partial charge in [0, 0.05) is 23.5 Å². The smallest absolute Gasteiger partial charge is 0.0388 e. The van der Waals surface area contributed by atoms with Crippen molar-refractivity contribution in [1.82, 2.24) is 4.90 Å². The van der Waals surface area contributed by atoms with E-state index in [1.807, 2.05) is 0 Å². The molecule has 0 bridgehead atoms. The maximum atomic E-state index is 3.83. The molecule has 1 aromatic carbocycles. The second kappa shape index (κ2) is 6.86. The first-order chi connectivity index (χ1) is 9.83. The number of nitrogens with zero attached hydrogens (tertiary/aromatic N) is 1. The Kier molecular flexibility index (Phi) is 4.90. The van der Waals surface area contributed by atoms with Crippen LogP contribution in [0, 0.1) is 0 Å². The first kappa shape index (κ1) is 14.3. The summed E-state index contributed by atoms with van der Waals surface area (Å²) in [6.07, 6.45) is 5.39. The molecule has 3 rings (SSSR count). The third-order valence-electron chi connectivity index (χ3n) is 4.56. The summed E-state index contributed by atoms with van der Waals surface area (Å²) in [5, 5.41) is 4.55. The van der Waals surface area contributed by atoms with E-state index in [0.717, 1.165) is 11.8 Å². The molecule has 2 atom stereocenters. The van der Waals surface area contributed by atoms with Gasteiger partial charge in [0.25, 0.3) is 0 Å². The Morgan fingerprint density at radius 3 is 2.80 bits per heavy atom. The fourth-order valence-corrected chi connectivity index (χ4v) is 4.43. The van der Waals surface area contributed by atoms with Crippen molar-refractivity contribution < 1.29 is 0 Å². The highest BCUT2D eigenvalue weighted by molar-refractivity contribution is 8.00. The highest BCUT2D eigenvalue weighted by atomic mass is 32.2. The maximum absolute atomic E-state index is 3.83. The summed E-state index contributed by atoms with van der Waals surface area (Å²) in [7, 11) is 0. The van der Waals surface area contributed by atoms with Gasteiger partial charge in [-0.1, -0.05) is 25.1 Å². The van der Waals surface area contributed by atoms with Gasteiger partial charge in [0.15, 0.2) is 0 Å². The Labute approximate surface area is 127 Å². The first-order valence-corrected chi connectivity index (χ1v) is 9.06. The molecule has 0 aliphatic carbocycles. The van der Waals surface area contributed by atoms with Gasteiger partial charge >= 0.3 is 0 Å². The van der Waals surface area contributed by atoms with Crippen LogP contribution < -0.4 is 5.32 Å². The lowest BCUT2D eigenvalue weighted by molar-refractivity contribution is 0.332. The summed E-state index contributed by atoms with van der Waals surface area (Å²) >= 11 is 2.11. The average molecular weight is 290 g/mol. The number of hydrogen-bond acceptors (Lipinski definition) is 3. The summed E-state index contributed by atoms with van der Waals surface area (Å²) in [4.78, 5) is 2.58. The number of likely N-dealkylation sites (tertiary alicyclic amines) is 1. The topological polar surface area (TPSA) is 15.3 Å². The van der Waals surface area contributed by atoms with E-state index in [9.17, 15) is 0 Å². The zero-order valence-corrected chi connectivity index (χ0v) is 13.3. The number of thioether (sulfide) groups is 1. The highest BCUT2D eigenvalue weighted by Crippen LogP contribution is 2.29. The van der Waals surface area contributed by atoms with Gasteiger partial charge in [-0.2, -0.15) is 11.8 Å². The molecule has 3 heteroatoms. The molecule has 2 fully saturated rings. The molecule has 0 amide bonds. The molecule has 2 aliphatic heterocycles. The Hall–Kier alpha value is -0.670. The normalized spacial score (nSPS) is 27.6. The molecule has 2 heterocycles. The van der Waals surface area contributed by atoms with Crippen LogP contribution in [-0.2, 0) is 6.54 Å². The molecule has 20 heavy (non-hydrogen) atoms. The Morgan fingerprint density at radius 1 is 1.20 bits per heavy atom. The van der Waals surface area contributed by atoms with Crippen LogP contribution >= 0.6 is 11.8 Å². The molecule has 1 N–H and O–H groups in total. The fourth-order valence-electron chi connectivity index (χ4n) is 3.29. The van der Waals surface area contributed by atoms with Gasteiger partial charge in [0.1, 0.15) is 0 Å². The quantitative estimate of drug-likeness (QED) is 0.903. The van der Waals surface area contributed by atoms with E-state index in [1.54, 1.807) is 0 Å². The van der Waals surface area contributed by atoms with Crippen LogP contribution in [0.5, 0.6) is 0 Å². The van der Waals surface area contributed by atoms with Crippen molar-refractivity contribution in [1.29, 1.82) is 0 Å². The predicted octanol–water partition coefficient (Wildman–Crippen LogP) is 3.98. The summed E-state index contributed by atoms with van der Waals surface area (Å²) in [6.45, 7) is 6.01. The minimum absolute atomic E-state index is 0.633. The molecule has 0 spiro atoms. The van der Waals surface area contributed by atoms with Crippen LogP contribution in [0.3, 0.4) is 0 Å². The lowest BCUT2D eigenvalue weighted by Gasteiger charge is -2.31. The minimum Gasteiger partial charge on any atom is -0.381 e. The van der Waals surface area contributed by atoms with E-state index in [-0.39, 0.29) is 0 Å². The molecule has 0 aromatic heterocycles. The van der Waals surface area contributed by atoms with Gasteiger partial charge in [0.05, 0.1) is 0 Å². The third-order valence-corrected chi connectivity index (χ3v) is 5.94. The van der Waals surface area contributed by atoms with Crippen molar-refractivity contribution in [2.24, 2.45) is 0 Å². The van der Waals surface area contributed by atoms with Crippen LogP contribution in [-0.4, -0.2) is 35.0 Å².